The van der Waals surface area contributed by atoms with Crippen LogP contribution in [0.15, 0.2) is 0 Å². The normalized spacial score (nSPS) is 12.0. The molecule has 0 aliphatic heterocycles. The van der Waals surface area contributed by atoms with Crippen LogP contribution in [0.3, 0.4) is 0 Å². The minimum absolute atomic E-state index is 0.0709. The van der Waals surface area contributed by atoms with Gasteiger partial charge in [0.15, 0.2) is 0 Å². The van der Waals surface area contributed by atoms with Gasteiger partial charge in [-0.2, -0.15) is 8.78 Å². The maximum atomic E-state index is 12.9. The first-order chi connectivity index (χ1) is 8.10. The van der Waals surface area contributed by atoms with Gasteiger partial charge in [-0.1, -0.05) is 0 Å². The second-order valence-corrected chi connectivity index (χ2v) is 4.01. The summed E-state index contributed by atoms with van der Waals surface area (Å²) in [7, 11) is 0. The highest BCUT2D eigenvalue weighted by Gasteiger charge is 2.51. The van der Waals surface area contributed by atoms with Crippen LogP contribution in [0.2, 0.25) is 0 Å². The molecule has 0 rings (SSSR count). The fourth-order valence-electron chi connectivity index (χ4n) is 1.28. The highest BCUT2D eigenvalue weighted by Crippen LogP contribution is 2.26. The second kappa shape index (κ2) is 6.55. The first kappa shape index (κ1) is 16.7. The van der Waals surface area contributed by atoms with Crippen molar-refractivity contribution < 1.29 is 32.3 Å². The number of halogens is 4. The highest BCUT2D eigenvalue weighted by atomic mass is 19.3. The molecule has 1 amide bonds. The van der Waals surface area contributed by atoms with Gasteiger partial charge in [0.1, 0.15) is 0 Å². The molecular formula is C10H15F4NO3. The van der Waals surface area contributed by atoms with E-state index in [2.05, 4.69) is 0 Å². The molecule has 18 heavy (non-hydrogen) atoms. The molecular weight excluding hydrogens is 258 g/mol. The fraction of sp³-hybridized carbons (Fsp3) is 0.800. The molecule has 0 aromatic rings. The average molecular weight is 273 g/mol. The van der Waals surface area contributed by atoms with Gasteiger partial charge in [0, 0.05) is 19.0 Å². The molecule has 0 spiro atoms. The summed E-state index contributed by atoms with van der Waals surface area (Å²) in [5.41, 5.74) is 0. The first-order valence-corrected chi connectivity index (χ1v) is 5.29. The minimum atomic E-state index is -4.74. The minimum Gasteiger partial charge on any atom is -0.481 e. The zero-order chi connectivity index (χ0) is 14.5. The third-order valence-corrected chi connectivity index (χ3v) is 2.23. The Labute approximate surface area is 102 Å². The Morgan fingerprint density at radius 1 is 1.28 bits per heavy atom. The Hall–Kier alpha value is -1.34. The van der Waals surface area contributed by atoms with Crippen molar-refractivity contribution in [3.63, 3.8) is 0 Å². The van der Waals surface area contributed by atoms with Crippen LogP contribution >= 0.6 is 0 Å². The standard InChI is InChI=1S/C10H15F4NO3/c1-6(2)15(5-3-4-7(16)17)9(18)10(13,14)8(11)12/h6,8H,3-5H2,1-2H3,(H,16,17). The average Bonchev–Trinajstić information content (AvgIpc) is 2.22. The van der Waals surface area contributed by atoms with Gasteiger partial charge in [-0.05, 0) is 20.3 Å². The molecule has 1 N–H and O–H groups in total. The molecule has 0 bridgehead atoms. The molecule has 0 fully saturated rings. The Kier molecular flexibility index (Phi) is 6.07. The largest absolute Gasteiger partial charge is 0.481 e. The number of nitrogens with zero attached hydrogens (tertiary/aromatic N) is 1. The summed E-state index contributed by atoms with van der Waals surface area (Å²) >= 11 is 0. The van der Waals surface area contributed by atoms with E-state index in [9.17, 15) is 27.2 Å². The summed E-state index contributed by atoms with van der Waals surface area (Å²) in [6, 6.07) is -0.712. The Morgan fingerprint density at radius 2 is 1.78 bits per heavy atom. The molecule has 0 radical (unpaired) electrons. The summed E-state index contributed by atoms with van der Waals surface area (Å²) in [6.07, 6.45) is -4.47. The van der Waals surface area contributed by atoms with E-state index in [0.29, 0.717) is 4.90 Å². The van der Waals surface area contributed by atoms with Crippen LogP contribution in [-0.4, -0.2) is 46.8 Å². The van der Waals surface area contributed by atoms with Crippen molar-refractivity contribution in [3.05, 3.63) is 0 Å². The molecule has 0 aliphatic carbocycles. The molecule has 0 unspecified atom stereocenters. The number of aliphatic carboxylic acids is 1. The lowest BCUT2D eigenvalue weighted by molar-refractivity contribution is -0.182. The maximum absolute atomic E-state index is 12.9. The van der Waals surface area contributed by atoms with Gasteiger partial charge in [0.2, 0.25) is 0 Å². The molecule has 106 valence electrons. The molecule has 0 atom stereocenters. The highest BCUT2D eigenvalue weighted by molar-refractivity contribution is 5.84. The number of carboxylic acid groups (broad SMARTS) is 1. The van der Waals surface area contributed by atoms with Crippen molar-refractivity contribution in [3.8, 4) is 0 Å². The zero-order valence-electron chi connectivity index (χ0n) is 10.00. The van der Waals surface area contributed by atoms with Crippen molar-refractivity contribution in [2.24, 2.45) is 0 Å². The third kappa shape index (κ3) is 4.50. The Balaban J connectivity index is 4.70. The lowest BCUT2D eigenvalue weighted by Crippen LogP contribution is -2.50. The van der Waals surface area contributed by atoms with E-state index in [4.69, 9.17) is 5.11 Å². The van der Waals surface area contributed by atoms with Crippen LogP contribution in [-0.2, 0) is 9.59 Å². The maximum Gasteiger partial charge on any atom is 0.383 e. The van der Waals surface area contributed by atoms with E-state index in [1.54, 1.807) is 0 Å². The predicted molar refractivity (Wildman–Crippen MR) is 54.7 cm³/mol. The van der Waals surface area contributed by atoms with Crippen molar-refractivity contribution >= 4 is 11.9 Å². The predicted octanol–water partition coefficient (Wildman–Crippen LogP) is 1.99. The number of hydrogen-bond acceptors (Lipinski definition) is 2. The van der Waals surface area contributed by atoms with Crippen LogP contribution in [0.1, 0.15) is 26.7 Å². The van der Waals surface area contributed by atoms with E-state index < -0.39 is 30.3 Å². The summed E-state index contributed by atoms with van der Waals surface area (Å²) in [6.45, 7) is 2.48. The van der Waals surface area contributed by atoms with Crippen LogP contribution in [0.5, 0.6) is 0 Å². The first-order valence-electron chi connectivity index (χ1n) is 5.29. The van der Waals surface area contributed by atoms with Crippen molar-refractivity contribution in [2.45, 2.75) is 45.1 Å². The van der Waals surface area contributed by atoms with E-state index in [-0.39, 0.29) is 19.4 Å². The number of alkyl halides is 4. The molecule has 0 saturated heterocycles. The molecule has 0 heterocycles. The molecule has 4 nitrogen and oxygen atoms in total. The van der Waals surface area contributed by atoms with Gasteiger partial charge in [-0.25, -0.2) is 8.78 Å². The van der Waals surface area contributed by atoms with Crippen LogP contribution in [0.25, 0.3) is 0 Å². The van der Waals surface area contributed by atoms with Crippen LogP contribution in [0, 0.1) is 0 Å². The van der Waals surface area contributed by atoms with Gasteiger partial charge in [0.05, 0.1) is 0 Å². The third-order valence-electron chi connectivity index (χ3n) is 2.23. The zero-order valence-corrected chi connectivity index (χ0v) is 10.00. The van der Waals surface area contributed by atoms with Gasteiger partial charge >= 0.3 is 18.3 Å². The number of rotatable bonds is 7. The van der Waals surface area contributed by atoms with Crippen LogP contribution < -0.4 is 0 Å². The topological polar surface area (TPSA) is 57.6 Å². The monoisotopic (exact) mass is 273 g/mol. The van der Waals surface area contributed by atoms with Gasteiger partial charge in [-0.3, -0.25) is 9.59 Å². The van der Waals surface area contributed by atoms with Crippen LogP contribution in [0.4, 0.5) is 17.6 Å². The lowest BCUT2D eigenvalue weighted by atomic mass is 10.2. The molecule has 0 saturated carbocycles. The number of carboxylic acids is 1. The quantitative estimate of drug-likeness (QED) is 0.722. The molecule has 0 aliphatic rings. The smallest absolute Gasteiger partial charge is 0.383 e. The SMILES string of the molecule is CC(C)N(CCCC(=O)O)C(=O)C(F)(F)C(F)F. The van der Waals surface area contributed by atoms with E-state index >= 15 is 0 Å². The van der Waals surface area contributed by atoms with Gasteiger partial charge in [0.25, 0.3) is 5.91 Å². The number of hydrogen-bond donors (Lipinski definition) is 1. The van der Waals surface area contributed by atoms with Crippen molar-refractivity contribution in [1.82, 2.24) is 4.90 Å². The second-order valence-electron chi connectivity index (χ2n) is 4.01. The number of amides is 1. The summed E-state index contributed by atoms with van der Waals surface area (Å²) in [5.74, 6) is -7.86. The summed E-state index contributed by atoms with van der Waals surface area (Å²) in [4.78, 5) is 22.1. The number of carbonyl (C=O) groups excluding carboxylic acids is 1. The summed E-state index contributed by atoms with van der Waals surface area (Å²) < 4.78 is 49.8. The van der Waals surface area contributed by atoms with Crippen molar-refractivity contribution in [2.75, 3.05) is 6.54 Å². The van der Waals surface area contributed by atoms with E-state index in [0.717, 1.165) is 0 Å². The van der Waals surface area contributed by atoms with E-state index in [1.165, 1.54) is 13.8 Å². The van der Waals surface area contributed by atoms with Gasteiger partial charge < -0.3 is 10.0 Å². The molecule has 0 aromatic heterocycles. The van der Waals surface area contributed by atoms with Gasteiger partial charge in [-0.15, -0.1) is 0 Å². The summed E-state index contributed by atoms with van der Waals surface area (Å²) in [5, 5.41) is 8.38. The lowest BCUT2D eigenvalue weighted by Gasteiger charge is -2.29. The van der Waals surface area contributed by atoms with Crippen molar-refractivity contribution in [1.29, 1.82) is 0 Å². The molecule has 8 heteroatoms. The Bertz CT molecular complexity index is 307. The Morgan fingerprint density at radius 3 is 2.11 bits per heavy atom. The van der Waals surface area contributed by atoms with E-state index in [1.807, 2.05) is 0 Å². The molecule has 0 aromatic carbocycles. The fourth-order valence-corrected chi connectivity index (χ4v) is 1.28. The number of carbonyl (C=O) groups is 2.